The molecule has 3 heterocycles. The maximum Gasteiger partial charge on any atom is 0.137 e. The van der Waals surface area contributed by atoms with Crippen LogP contribution in [0.5, 0.6) is 0 Å². The average Bonchev–Trinajstić information content (AvgIpc) is 4.04. The molecule has 11 rings (SSSR count). The smallest absolute Gasteiger partial charge is 0.137 e. The summed E-state index contributed by atoms with van der Waals surface area (Å²) in [5.74, 6) is 0. The zero-order valence-corrected chi connectivity index (χ0v) is 26.1. The molecule has 3 nitrogen and oxygen atoms in total. The highest BCUT2D eigenvalue weighted by Gasteiger charge is 2.20. The van der Waals surface area contributed by atoms with Gasteiger partial charge in [0.05, 0.1) is 60.6 Å². The summed E-state index contributed by atoms with van der Waals surface area (Å²) in [6.45, 7) is 0. The minimum absolute atomic E-state index is 0.00903. The molecule has 51 heavy (non-hydrogen) atoms. The molecule has 0 atom stereocenters. The van der Waals surface area contributed by atoms with Gasteiger partial charge in [-0.3, -0.25) is 0 Å². The third kappa shape index (κ3) is 4.19. The predicted molar refractivity (Wildman–Crippen MR) is 213 cm³/mol. The number of nitrogens with zero attached hydrogens (tertiary/aromatic N) is 2. The fourth-order valence-electron chi connectivity index (χ4n) is 6.92. The Balaban J connectivity index is 1.25. The van der Waals surface area contributed by atoms with E-state index in [1.54, 1.807) is 60.7 Å². The van der Waals surface area contributed by atoms with Gasteiger partial charge in [0.2, 0.25) is 0 Å². The molecule has 3 heteroatoms. The van der Waals surface area contributed by atoms with E-state index in [-0.39, 0.29) is 55.9 Å². The molecule has 3 aromatic heterocycles. The van der Waals surface area contributed by atoms with Crippen LogP contribution < -0.4 is 0 Å². The topological polar surface area (TPSA) is 23.0 Å². The van der Waals surface area contributed by atoms with Crippen LogP contribution in [0.1, 0.15) is 27.4 Å². The Hall–Kier alpha value is -6.84. The molecule has 0 aliphatic carbocycles. The van der Waals surface area contributed by atoms with E-state index in [4.69, 9.17) is 25.0 Å². The summed E-state index contributed by atoms with van der Waals surface area (Å²) in [5, 5.41) is -0.308. The van der Waals surface area contributed by atoms with E-state index in [0.717, 1.165) is 4.57 Å². The number of aromatic nitrogens is 2. The summed E-state index contributed by atoms with van der Waals surface area (Å²) in [4.78, 5) is 0. The van der Waals surface area contributed by atoms with Crippen LogP contribution in [-0.4, -0.2) is 9.13 Å². The van der Waals surface area contributed by atoms with E-state index < -0.39 is 125 Å². The maximum absolute atomic E-state index is 9.97. The van der Waals surface area contributed by atoms with Crippen molar-refractivity contribution in [3.8, 4) is 33.6 Å². The summed E-state index contributed by atoms with van der Waals surface area (Å²) < 4.78 is 186. The lowest BCUT2D eigenvalue weighted by Crippen LogP contribution is -1.96. The molecular weight excluding hydrogens is 621 g/mol. The first-order valence-electron chi connectivity index (χ1n) is 25.8. The van der Waals surface area contributed by atoms with Crippen molar-refractivity contribution < 1.29 is 31.8 Å². The fourth-order valence-corrected chi connectivity index (χ4v) is 6.92. The standard InChI is InChI=1S/C48H30N2O/c1-2-12-31(13-3-1)32-14-10-15-33(28-32)34-24-27-46-40(29-34)48-45(22-11-23-47(48)51-46)50-43-21-9-6-18-38(43)39-30-35(25-26-44(39)50)49-41-19-7-4-16-36(41)37-17-5-8-20-42(37)49/h1-30H/i1D,2D,3D,4D,5D,6D,7D,8D,9D,12D,13D,16D,17D,18D,19D,20D,21D,25D,26D,30D. The summed E-state index contributed by atoms with van der Waals surface area (Å²) in [6, 6.07) is 4.46. The lowest BCUT2D eigenvalue weighted by Gasteiger charge is -2.11. The minimum Gasteiger partial charge on any atom is -0.456 e. The van der Waals surface area contributed by atoms with E-state index in [1.165, 1.54) is 4.57 Å². The van der Waals surface area contributed by atoms with Gasteiger partial charge in [0, 0.05) is 32.6 Å². The third-order valence-electron chi connectivity index (χ3n) is 9.10. The van der Waals surface area contributed by atoms with E-state index in [0.29, 0.717) is 38.6 Å². The van der Waals surface area contributed by atoms with E-state index in [1.807, 2.05) is 0 Å². The number of hydrogen-bond donors (Lipinski definition) is 0. The van der Waals surface area contributed by atoms with Gasteiger partial charge in [-0.2, -0.15) is 0 Å². The summed E-state index contributed by atoms with van der Waals surface area (Å²) in [7, 11) is 0. The molecule has 0 aliphatic rings. The highest BCUT2D eigenvalue weighted by molar-refractivity contribution is 6.16. The Morgan fingerprint density at radius 2 is 1.00 bits per heavy atom. The van der Waals surface area contributed by atoms with Gasteiger partial charge >= 0.3 is 0 Å². The number of furan rings is 1. The van der Waals surface area contributed by atoms with Crippen molar-refractivity contribution in [2.75, 3.05) is 0 Å². The lowest BCUT2D eigenvalue weighted by atomic mass is 9.98. The molecule has 11 aromatic rings. The van der Waals surface area contributed by atoms with Gasteiger partial charge in [-0.15, -0.1) is 0 Å². The first kappa shape index (κ1) is 15.0. The quantitative estimate of drug-likeness (QED) is 0.183. The van der Waals surface area contributed by atoms with E-state index >= 15 is 0 Å². The number of rotatable bonds is 4. The van der Waals surface area contributed by atoms with Crippen molar-refractivity contribution in [3.63, 3.8) is 0 Å². The normalized spacial score (nSPS) is 17.4. The van der Waals surface area contributed by atoms with Crippen molar-refractivity contribution in [1.29, 1.82) is 0 Å². The number of fused-ring (bicyclic) bond motifs is 9. The van der Waals surface area contributed by atoms with Gasteiger partial charge in [0.25, 0.3) is 0 Å². The second-order valence-electron chi connectivity index (χ2n) is 11.8. The molecule has 0 N–H and O–H groups in total. The Bertz CT molecular complexity index is 4200. The van der Waals surface area contributed by atoms with Gasteiger partial charge in [-0.1, -0.05) is 115 Å². The van der Waals surface area contributed by atoms with Crippen molar-refractivity contribution in [2.45, 2.75) is 0 Å². The van der Waals surface area contributed by atoms with Gasteiger partial charge in [-0.05, 0) is 88.8 Å². The van der Waals surface area contributed by atoms with Crippen LogP contribution in [0.4, 0.5) is 0 Å². The first-order chi connectivity index (χ1) is 33.6. The molecule has 8 aromatic carbocycles. The molecule has 0 amide bonds. The Morgan fingerprint density at radius 1 is 0.412 bits per heavy atom. The number of benzene rings is 8. The third-order valence-corrected chi connectivity index (χ3v) is 9.10. The molecule has 0 spiro atoms. The fraction of sp³-hybridized carbons (Fsp3) is 0. The minimum atomic E-state index is -0.747. The molecule has 0 unspecified atom stereocenters. The SMILES string of the molecule is [2H]c1c([2H])c([2H])c(-c2cccc(-c3ccc4oc5cccc(-n6c7c([2H])c([2H])c([2H])c([2H])c7c7c([2H])c(-n8c9c([2H])c([2H])c([2H])c([2H])c9c9c([2H])c([2H])c([2H])c([2H])c98)c([2H])c([2H])c76)c5c4c3)c2)c([2H])c1[2H]. The van der Waals surface area contributed by atoms with Crippen LogP contribution in [0, 0.1) is 0 Å². The Labute approximate surface area is 321 Å². The van der Waals surface area contributed by atoms with Crippen molar-refractivity contribution in [1.82, 2.24) is 9.13 Å². The molecule has 0 radical (unpaired) electrons. The highest BCUT2D eigenvalue weighted by atomic mass is 16.3. The van der Waals surface area contributed by atoms with Crippen molar-refractivity contribution >= 4 is 65.6 Å². The summed E-state index contributed by atoms with van der Waals surface area (Å²) in [6.07, 6.45) is 0. The molecule has 0 bridgehead atoms. The highest BCUT2D eigenvalue weighted by Crippen LogP contribution is 2.41. The van der Waals surface area contributed by atoms with Gasteiger partial charge in [0.15, 0.2) is 0 Å². The Kier molecular flexibility index (Phi) is 3.18. The van der Waals surface area contributed by atoms with Gasteiger partial charge in [-0.25, -0.2) is 0 Å². The maximum atomic E-state index is 9.97. The van der Waals surface area contributed by atoms with E-state index in [9.17, 15) is 6.85 Å². The predicted octanol–water partition coefficient (Wildman–Crippen LogP) is 13.1. The number of para-hydroxylation sites is 3. The van der Waals surface area contributed by atoms with Crippen LogP contribution >= 0.6 is 0 Å². The molecule has 0 saturated carbocycles. The van der Waals surface area contributed by atoms with Crippen LogP contribution in [0.2, 0.25) is 0 Å². The molecule has 238 valence electrons. The number of hydrogen-bond acceptors (Lipinski definition) is 1. The van der Waals surface area contributed by atoms with Crippen molar-refractivity contribution in [3.05, 3.63) is 182 Å². The second-order valence-corrected chi connectivity index (χ2v) is 11.8. The largest absolute Gasteiger partial charge is 0.456 e. The van der Waals surface area contributed by atoms with Crippen LogP contribution in [0.15, 0.2) is 186 Å². The molecule has 0 aliphatic heterocycles. The molecule has 0 saturated heterocycles. The molecular formula is C48H30N2O. The van der Waals surface area contributed by atoms with Crippen molar-refractivity contribution in [2.24, 2.45) is 0 Å². The summed E-state index contributed by atoms with van der Waals surface area (Å²) in [5.41, 5.74) is 0.650. The Morgan fingerprint density at radius 3 is 1.75 bits per heavy atom. The van der Waals surface area contributed by atoms with Crippen LogP contribution in [0.3, 0.4) is 0 Å². The van der Waals surface area contributed by atoms with Gasteiger partial charge in [0.1, 0.15) is 11.2 Å². The van der Waals surface area contributed by atoms with Crippen LogP contribution in [-0.2, 0) is 0 Å². The monoisotopic (exact) mass is 670 g/mol. The average molecular weight is 671 g/mol. The first-order valence-corrected chi connectivity index (χ1v) is 15.8. The zero-order valence-electron chi connectivity index (χ0n) is 46.1. The van der Waals surface area contributed by atoms with E-state index in [2.05, 4.69) is 0 Å². The lowest BCUT2D eigenvalue weighted by molar-refractivity contribution is 0.669. The summed E-state index contributed by atoms with van der Waals surface area (Å²) >= 11 is 0. The van der Waals surface area contributed by atoms with Crippen LogP contribution in [0.25, 0.3) is 99.2 Å². The second kappa shape index (κ2) is 10.8. The molecule has 0 fully saturated rings. The zero-order chi connectivity index (χ0) is 50.9. The van der Waals surface area contributed by atoms with Gasteiger partial charge < -0.3 is 13.6 Å².